The molecule has 0 radical (unpaired) electrons. The van der Waals surface area contributed by atoms with Gasteiger partial charge in [0.2, 0.25) is 0 Å². The zero-order valence-electron chi connectivity index (χ0n) is 9.11. The summed E-state index contributed by atoms with van der Waals surface area (Å²) in [5.74, 6) is 0.734. The molecule has 2 N–H and O–H groups in total. The standard InChI is InChI=1S/C11H22N2O/c1-9(4-5-12)6-13-7-10-2-3-11(8-13)14-10/h9-11H,2-8,12H2,1H3. The van der Waals surface area contributed by atoms with Crippen molar-refractivity contribution in [1.82, 2.24) is 4.90 Å². The molecule has 0 aromatic rings. The topological polar surface area (TPSA) is 38.5 Å². The smallest absolute Gasteiger partial charge is 0.0707 e. The average Bonchev–Trinajstić information content (AvgIpc) is 2.46. The molecule has 0 aromatic carbocycles. The molecule has 3 nitrogen and oxygen atoms in total. The number of rotatable bonds is 4. The predicted molar refractivity (Wildman–Crippen MR) is 57.2 cm³/mol. The fourth-order valence-electron chi connectivity index (χ4n) is 2.66. The predicted octanol–water partition coefficient (Wildman–Crippen LogP) is 0.834. The third-order valence-electron chi connectivity index (χ3n) is 3.35. The van der Waals surface area contributed by atoms with Gasteiger partial charge in [0.1, 0.15) is 0 Å². The lowest BCUT2D eigenvalue weighted by molar-refractivity contribution is -0.0420. The summed E-state index contributed by atoms with van der Waals surface area (Å²) < 4.78 is 5.80. The monoisotopic (exact) mass is 198 g/mol. The Balaban J connectivity index is 1.76. The van der Waals surface area contributed by atoms with Gasteiger partial charge in [-0.2, -0.15) is 0 Å². The van der Waals surface area contributed by atoms with E-state index in [2.05, 4.69) is 11.8 Å². The molecule has 2 bridgehead atoms. The van der Waals surface area contributed by atoms with Gasteiger partial charge >= 0.3 is 0 Å². The molecule has 3 atom stereocenters. The van der Waals surface area contributed by atoms with Crippen LogP contribution in [0.5, 0.6) is 0 Å². The van der Waals surface area contributed by atoms with Gasteiger partial charge in [-0.25, -0.2) is 0 Å². The van der Waals surface area contributed by atoms with Crippen molar-refractivity contribution in [3.05, 3.63) is 0 Å². The molecule has 0 aliphatic carbocycles. The van der Waals surface area contributed by atoms with E-state index in [4.69, 9.17) is 10.5 Å². The molecule has 2 fully saturated rings. The first-order valence-corrected chi connectivity index (χ1v) is 5.86. The van der Waals surface area contributed by atoms with Crippen molar-refractivity contribution in [2.24, 2.45) is 11.7 Å². The second-order valence-electron chi connectivity index (χ2n) is 4.86. The Kier molecular flexibility index (Phi) is 3.42. The summed E-state index contributed by atoms with van der Waals surface area (Å²) in [5, 5.41) is 0. The van der Waals surface area contributed by atoms with E-state index < -0.39 is 0 Å². The number of nitrogens with zero attached hydrogens (tertiary/aromatic N) is 1. The molecular weight excluding hydrogens is 176 g/mol. The normalized spacial score (nSPS) is 34.7. The van der Waals surface area contributed by atoms with Crippen LogP contribution in [0.15, 0.2) is 0 Å². The SMILES string of the molecule is CC(CCN)CN1CC2CCC(C1)O2. The van der Waals surface area contributed by atoms with E-state index >= 15 is 0 Å². The van der Waals surface area contributed by atoms with Crippen molar-refractivity contribution in [3.63, 3.8) is 0 Å². The van der Waals surface area contributed by atoms with Crippen LogP contribution in [0.2, 0.25) is 0 Å². The van der Waals surface area contributed by atoms with E-state index in [1.165, 1.54) is 19.4 Å². The number of ether oxygens (including phenoxy) is 1. The molecule has 82 valence electrons. The molecular formula is C11H22N2O. The van der Waals surface area contributed by atoms with Gasteiger partial charge in [-0.1, -0.05) is 6.92 Å². The highest BCUT2D eigenvalue weighted by molar-refractivity contribution is 4.85. The van der Waals surface area contributed by atoms with Crippen LogP contribution in [0, 0.1) is 5.92 Å². The van der Waals surface area contributed by atoms with E-state index in [-0.39, 0.29) is 0 Å². The van der Waals surface area contributed by atoms with Crippen LogP contribution in [-0.2, 0) is 4.74 Å². The summed E-state index contributed by atoms with van der Waals surface area (Å²) in [6, 6.07) is 0. The molecule has 2 aliphatic rings. The highest BCUT2D eigenvalue weighted by Crippen LogP contribution is 2.26. The van der Waals surface area contributed by atoms with Crippen LogP contribution >= 0.6 is 0 Å². The van der Waals surface area contributed by atoms with Crippen LogP contribution in [0.4, 0.5) is 0 Å². The Morgan fingerprint density at radius 3 is 2.57 bits per heavy atom. The third kappa shape index (κ3) is 2.47. The van der Waals surface area contributed by atoms with Gasteiger partial charge in [-0.05, 0) is 31.7 Å². The fraction of sp³-hybridized carbons (Fsp3) is 1.00. The van der Waals surface area contributed by atoms with Gasteiger partial charge < -0.3 is 10.5 Å². The summed E-state index contributed by atoms with van der Waals surface area (Å²) in [5.41, 5.74) is 5.56. The van der Waals surface area contributed by atoms with Crippen molar-refractivity contribution in [3.8, 4) is 0 Å². The highest BCUT2D eigenvalue weighted by atomic mass is 16.5. The van der Waals surface area contributed by atoms with Crippen LogP contribution in [0.25, 0.3) is 0 Å². The molecule has 0 saturated carbocycles. The van der Waals surface area contributed by atoms with E-state index in [1.807, 2.05) is 0 Å². The largest absolute Gasteiger partial charge is 0.372 e. The molecule has 2 saturated heterocycles. The van der Waals surface area contributed by atoms with Gasteiger partial charge in [0.05, 0.1) is 12.2 Å². The van der Waals surface area contributed by atoms with E-state index in [0.717, 1.165) is 32.0 Å². The summed E-state index contributed by atoms with van der Waals surface area (Å²) in [6.45, 7) is 6.60. The Labute approximate surface area is 86.6 Å². The maximum absolute atomic E-state index is 5.80. The first-order chi connectivity index (χ1) is 6.78. The molecule has 3 heteroatoms. The fourth-order valence-corrected chi connectivity index (χ4v) is 2.66. The van der Waals surface area contributed by atoms with Crippen molar-refractivity contribution in [2.75, 3.05) is 26.2 Å². The van der Waals surface area contributed by atoms with E-state index in [9.17, 15) is 0 Å². The minimum atomic E-state index is 0.527. The minimum Gasteiger partial charge on any atom is -0.372 e. The first-order valence-electron chi connectivity index (χ1n) is 5.86. The van der Waals surface area contributed by atoms with Gasteiger partial charge in [0, 0.05) is 19.6 Å². The maximum atomic E-state index is 5.80. The van der Waals surface area contributed by atoms with Crippen LogP contribution < -0.4 is 5.73 Å². The summed E-state index contributed by atoms with van der Waals surface area (Å²) in [7, 11) is 0. The van der Waals surface area contributed by atoms with Gasteiger partial charge in [0.25, 0.3) is 0 Å². The molecule has 0 spiro atoms. The van der Waals surface area contributed by atoms with E-state index in [0.29, 0.717) is 12.2 Å². The number of nitrogens with two attached hydrogens (primary N) is 1. The Bertz CT molecular complexity index is 174. The maximum Gasteiger partial charge on any atom is 0.0707 e. The summed E-state index contributed by atoms with van der Waals surface area (Å²) >= 11 is 0. The third-order valence-corrected chi connectivity index (χ3v) is 3.35. The van der Waals surface area contributed by atoms with Crippen LogP contribution in [0.3, 0.4) is 0 Å². The molecule has 2 aliphatic heterocycles. The van der Waals surface area contributed by atoms with Gasteiger partial charge in [-0.15, -0.1) is 0 Å². The molecule has 3 unspecified atom stereocenters. The van der Waals surface area contributed by atoms with Gasteiger partial charge in [-0.3, -0.25) is 4.90 Å². The second-order valence-corrected chi connectivity index (χ2v) is 4.86. The lowest BCUT2D eigenvalue weighted by Crippen LogP contribution is -2.44. The molecule has 0 aromatic heterocycles. The van der Waals surface area contributed by atoms with Crippen molar-refractivity contribution < 1.29 is 4.74 Å². The Morgan fingerprint density at radius 1 is 1.36 bits per heavy atom. The van der Waals surface area contributed by atoms with Crippen molar-refractivity contribution in [2.45, 2.75) is 38.4 Å². The number of morpholine rings is 1. The molecule has 2 heterocycles. The summed E-state index contributed by atoms with van der Waals surface area (Å²) in [6.07, 6.45) is 4.74. The molecule has 0 amide bonds. The van der Waals surface area contributed by atoms with Gasteiger partial charge in [0.15, 0.2) is 0 Å². The van der Waals surface area contributed by atoms with Crippen LogP contribution in [0.1, 0.15) is 26.2 Å². The quantitative estimate of drug-likeness (QED) is 0.727. The second kappa shape index (κ2) is 4.60. The average molecular weight is 198 g/mol. The lowest BCUT2D eigenvalue weighted by atomic mass is 10.1. The highest BCUT2D eigenvalue weighted by Gasteiger charge is 2.33. The Hall–Kier alpha value is -0.120. The number of hydrogen-bond acceptors (Lipinski definition) is 3. The molecule has 2 rings (SSSR count). The summed E-state index contributed by atoms with van der Waals surface area (Å²) in [4.78, 5) is 2.56. The zero-order chi connectivity index (χ0) is 9.97. The Morgan fingerprint density at radius 2 is 2.00 bits per heavy atom. The lowest BCUT2D eigenvalue weighted by Gasteiger charge is -2.33. The van der Waals surface area contributed by atoms with Crippen LogP contribution in [-0.4, -0.2) is 43.3 Å². The number of likely N-dealkylation sites (tertiary alicyclic amines) is 1. The number of fused-ring (bicyclic) bond motifs is 2. The van der Waals surface area contributed by atoms with E-state index in [1.54, 1.807) is 0 Å². The molecule has 14 heavy (non-hydrogen) atoms. The zero-order valence-corrected chi connectivity index (χ0v) is 9.11. The van der Waals surface area contributed by atoms with Crippen molar-refractivity contribution in [1.29, 1.82) is 0 Å². The van der Waals surface area contributed by atoms with Crippen molar-refractivity contribution >= 4 is 0 Å². The first kappa shape index (κ1) is 10.4. The minimum absolute atomic E-state index is 0.527. The number of hydrogen-bond donors (Lipinski definition) is 1.